The number of hydrogen-bond acceptors (Lipinski definition) is 8. The highest BCUT2D eigenvalue weighted by atomic mass is 16.6. The van der Waals surface area contributed by atoms with E-state index in [1.807, 2.05) is 0 Å². The van der Waals surface area contributed by atoms with Crippen LogP contribution in [0.2, 0.25) is 0 Å². The van der Waals surface area contributed by atoms with Crippen LogP contribution in [0.3, 0.4) is 0 Å². The number of hydrogen-bond donors (Lipinski definition) is 2. The number of esters is 1. The number of phenols is 1. The number of benzene rings is 3. The number of nitro benzene ring substituents is 2. The predicted molar refractivity (Wildman–Crippen MR) is 113 cm³/mol. The summed E-state index contributed by atoms with van der Waals surface area (Å²) >= 11 is 0. The molecule has 0 bridgehead atoms. The van der Waals surface area contributed by atoms with Crippen molar-refractivity contribution in [3.63, 3.8) is 0 Å². The number of nitrogens with zero attached hydrogens (tertiary/aromatic N) is 2. The number of phenolic OH excluding ortho intramolecular Hbond substituents is 1. The first-order valence-electron chi connectivity index (χ1n) is 9.37. The summed E-state index contributed by atoms with van der Waals surface area (Å²) in [5.74, 6) is -0.575. The molecule has 3 aromatic carbocycles. The molecule has 0 aromatic heterocycles. The van der Waals surface area contributed by atoms with Crippen molar-refractivity contribution in [1.29, 1.82) is 0 Å². The Kier molecular flexibility index (Phi) is 6.29. The van der Waals surface area contributed by atoms with E-state index >= 15 is 0 Å². The van der Waals surface area contributed by atoms with Gasteiger partial charge in [0.15, 0.2) is 0 Å². The maximum absolute atomic E-state index is 12.6. The predicted octanol–water partition coefficient (Wildman–Crippen LogP) is 3.95. The van der Waals surface area contributed by atoms with Gasteiger partial charge in [-0.2, -0.15) is 0 Å². The van der Waals surface area contributed by atoms with Crippen molar-refractivity contribution in [3.05, 3.63) is 80.4 Å². The molecule has 160 valence electrons. The third-order valence-corrected chi connectivity index (χ3v) is 4.66. The molecule has 10 nitrogen and oxygen atoms in total. The van der Waals surface area contributed by atoms with Crippen molar-refractivity contribution < 1.29 is 24.5 Å². The molecule has 0 unspecified atom stereocenters. The number of fused-ring (bicyclic) bond motifs is 1. The fourth-order valence-electron chi connectivity index (χ4n) is 3.27. The van der Waals surface area contributed by atoms with Gasteiger partial charge in [0.25, 0.3) is 11.4 Å². The molecule has 0 heterocycles. The Bertz CT molecular complexity index is 1150. The van der Waals surface area contributed by atoms with Gasteiger partial charge in [-0.05, 0) is 30.7 Å². The van der Waals surface area contributed by atoms with Crippen LogP contribution in [0, 0.1) is 20.2 Å². The first-order valence-corrected chi connectivity index (χ1v) is 9.37. The molecular weight excluding hydrogens is 406 g/mol. The van der Waals surface area contributed by atoms with Gasteiger partial charge in [-0.15, -0.1) is 0 Å². The van der Waals surface area contributed by atoms with Gasteiger partial charge in [0.2, 0.25) is 0 Å². The lowest BCUT2D eigenvalue weighted by molar-refractivity contribution is -0.392. The molecule has 1 atom stereocenters. The van der Waals surface area contributed by atoms with Crippen LogP contribution in [0.25, 0.3) is 10.8 Å². The molecule has 0 radical (unpaired) electrons. The van der Waals surface area contributed by atoms with Crippen LogP contribution in [-0.2, 0) is 16.0 Å². The number of carbonyl (C=O) groups excluding carboxylic acids is 1. The minimum Gasteiger partial charge on any atom is -0.508 e. The molecule has 0 aliphatic heterocycles. The van der Waals surface area contributed by atoms with Gasteiger partial charge in [-0.1, -0.05) is 30.3 Å². The number of carbonyl (C=O) groups is 1. The monoisotopic (exact) mass is 425 g/mol. The third-order valence-electron chi connectivity index (χ3n) is 4.66. The van der Waals surface area contributed by atoms with E-state index < -0.39 is 33.2 Å². The zero-order valence-corrected chi connectivity index (χ0v) is 16.5. The summed E-state index contributed by atoms with van der Waals surface area (Å²) in [6, 6.07) is 12.2. The summed E-state index contributed by atoms with van der Waals surface area (Å²) in [5.41, 5.74) is -0.260. The Balaban J connectivity index is 2.12. The number of nitro groups is 2. The second-order valence-electron chi connectivity index (χ2n) is 6.67. The maximum Gasteiger partial charge on any atom is 0.328 e. The summed E-state index contributed by atoms with van der Waals surface area (Å²) in [5, 5.41) is 36.0. The summed E-state index contributed by atoms with van der Waals surface area (Å²) in [6.45, 7) is 1.74. The first kappa shape index (κ1) is 21.5. The molecule has 0 spiro atoms. The van der Waals surface area contributed by atoms with E-state index in [9.17, 15) is 30.1 Å². The van der Waals surface area contributed by atoms with Crippen molar-refractivity contribution in [2.24, 2.45) is 0 Å². The van der Waals surface area contributed by atoms with Gasteiger partial charge >= 0.3 is 5.97 Å². The van der Waals surface area contributed by atoms with E-state index in [-0.39, 0.29) is 35.2 Å². The number of rotatable bonds is 8. The lowest BCUT2D eigenvalue weighted by Gasteiger charge is -2.20. The number of ether oxygens (including phenoxy) is 1. The largest absolute Gasteiger partial charge is 0.508 e. The fraction of sp³-hybridized carbons (Fsp3) is 0.190. The molecular formula is C21H19N3O7. The topological polar surface area (TPSA) is 145 Å². The lowest BCUT2D eigenvalue weighted by Crippen LogP contribution is -2.34. The molecule has 0 aliphatic carbocycles. The second kappa shape index (κ2) is 9.08. The molecule has 3 aromatic rings. The first-order chi connectivity index (χ1) is 14.8. The summed E-state index contributed by atoms with van der Waals surface area (Å²) in [6.07, 6.45) is 0.113. The number of anilines is 1. The van der Waals surface area contributed by atoms with Crippen LogP contribution < -0.4 is 5.32 Å². The molecule has 0 saturated carbocycles. The highest BCUT2D eigenvalue weighted by molar-refractivity contribution is 6.04. The van der Waals surface area contributed by atoms with E-state index in [1.165, 1.54) is 24.3 Å². The molecule has 3 rings (SSSR count). The Hall–Kier alpha value is -4.21. The minimum absolute atomic E-state index is 0.0111. The molecule has 0 saturated heterocycles. The molecule has 0 amide bonds. The van der Waals surface area contributed by atoms with Crippen molar-refractivity contribution in [2.75, 3.05) is 11.9 Å². The van der Waals surface area contributed by atoms with Crippen molar-refractivity contribution in [2.45, 2.75) is 19.4 Å². The van der Waals surface area contributed by atoms with E-state index in [2.05, 4.69) is 5.32 Å². The number of nitrogens with one attached hydrogen (secondary N) is 1. The van der Waals surface area contributed by atoms with E-state index in [0.29, 0.717) is 5.56 Å². The van der Waals surface area contributed by atoms with Gasteiger partial charge in [0, 0.05) is 11.8 Å². The van der Waals surface area contributed by atoms with Crippen LogP contribution in [-0.4, -0.2) is 33.6 Å². The molecule has 0 aliphatic rings. The van der Waals surface area contributed by atoms with Gasteiger partial charge in [-0.25, -0.2) is 4.79 Å². The maximum atomic E-state index is 12.6. The fourth-order valence-corrected chi connectivity index (χ4v) is 3.27. The average Bonchev–Trinajstić information content (AvgIpc) is 2.74. The van der Waals surface area contributed by atoms with Crippen LogP contribution >= 0.6 is 0 Å². The van der Waals surface area contributed by atoms with Crippen molar-refractivity contribution in [1.82, 2.24) is 0 Å². The quantitative estimate of drug-likeness (QED) is 0.313. The van der Waals surface area contributed by atoms with Gasteiger partial charge in [-0.3, -0.25) is 20.2 Å². The molecule has 2 N–H and O–H groups in total. The van der Waals surface area contributed by atoms with Crippen molar-refractivity contribution in [3.8, 4) is 5.75 Å². The lowest BCUT2D eigenvalue weighted by atomic mass is 10.0. The Morgan fingerprint density at radius 1 is 1.03 bits per heavy atom. The third kappa shape index (κ3) is 4.69. The zero-order valence-electron chi connectivity index (χ0n) is 16.5. The molecule has 10 heteroatoms. The van der Waals surface area contributed by atoms with Gasteiger partial charge < -0.3 is 15.2 Å². The van der Waals surface area contributed by atoms with E-state index in [1.54, 1.807) is 31.2 Å². The van der Waals surface area contributed by atoms with Gasteiger partial charge in [0.1, 0.15) is 17.5 Å². The van der Waals surface area contributed by atoms with Crippen molar-refractivity contribution >= 4 is 33.8 Å². The van der Waals surface area contributed by atoms with Crippen LogP contribution in [0.1, 0.15) is 12.5 Å². The zero-order chi connectivity index (χ0) is 22.5. The Labute approximate surface area is 176 Å². The van der Waals surface area contributed by atoms with Crippen LogP contribution in [0.5, 0.6) is 5.75 Å². The molecule has 0 fully saturated rings. The smallest absolute Gasteiger partial charge is 0.328 e. The van der Waals surface area contributed by atoms with Crippen LogP contribution in [0.15, 0.2) is 54.6 Å². The summed E-state index contributed by atoms with van der Waals surface area (Å²) < 4.78 is 5.12. The number of non-ortho nitro benzene ring substituents is 1. The molecule has 31 heavy (non-hydrogen) atoms. The summed E-state index contributed by atoms with van der Waals surface area (Å²) in [4.78, 5) is 34.4. The van der Waals surface area contributed by atoms with E-state index in [0.717, 1.165) is 6.07 Å². The second-order valence-corrected chi connectivity index (χ2v) is 6.67. The van der Waals surface area contributed by atoms with Crippen LogP contribution in [0.4, 0.5) is 17.1 Å². The standard InChI is InChI=1S/C21H19N3O7/c1-2-31-21(26)17(11-13-7-9-14(25)10-8-13)22-20-16-6-4-3-5-15(16)18(23(27)28)12-19(20)24(29)30/h3-10,12,17,22,25H,2,11H2,1H3/t17-/m1/s1. The SMILES string of the molecule is CCOC(=O)[C@@H](Cc1ccc(O)cc1)Nc1c([N+](=O)[O-])cc([N+](=O)[O-])c2ccccc12. The average molecular weight is 425 g/mol. The van der Waals surface area contributed by atoms with Gasteiger partial charge in [0.05, 0.1) is 27.9 Å². The Morgan fingerprint density at radius 2 is 1.65 bits per heavy atom. The highest BCUT2D eigenvalue weighted by Crippen LogP contribution is 2.39. The number of aromatic hydroxyl groups is 1. The minimum atomic E-state index is -1.01. The normalized spacial score (nSPS) is 11.6. The Morgan fingerprint density at radius 3 is 2.23 bits per heavy atom. The highest BCUT2D eigenvalue weighted by Gasteiger charge is 2.29. The van der Waals surface area contributed by atoms with E-state index in [4.69, 9.17) is 4.74 Å². The summed E-state index contributed by atoms with van der Waals surface area (Å²) in [7, 11) is 0.